The van der Waals surface area contributed by atoms with Crippen LogP contribution in [0.4, 0.5) is 0 Å². The number of nitrogens with one attached hydrogen (secondary N) is 1. The molecule has 0 saturated heterocycles. The summed E-state index contributed by atoms with van der Waals surface area (Å²) in [4.78, 5) is 12.0. The number of carbonyl (C=O) groups is 1. The lowest BCUT2D eigenvalue weighted by Crippen LogP contribution is -2.29. The summed E-state index contributed by atoms with van der Waals surface area (Å²) in [5.74, 6) is 0.469. The van der Waals surface area contributed by atoms with Crippen LogP contribution in [-0.2, 0) is 17.4 Å². The van der Waals surface area contributed by atoms with E-state index in [0.717, 1.165) is 17.0 Å². The van der Waals surface area contributed by atoms with Crippen molar-refractivity contribution in [2.45, 2.75) is 59.0 Å². The van der Waals surface area contributed by atoms with Gasteiger partial charge in [-0.25, -0.2) is 4.68 Å². The van der Waals surface area contributed by atoms with Crippen LogP contribution in [-0.4, -0.2) is 34.0 Å². The first-order valence-corrected chi connectivity index (χ1v) is 11.3. The van der Waals surface area contributed by atoms with Crippen molar-refractivity contribution in [3.63, 3.8) is 0 Å². The van der Waals surface area contributed by atoms with E-state index in [-0.39, 0.29) is 22.4 Å². The maximum Gasteiger partial charge on any atom is 0.273 e. The number of hydrogen-bond donors (Lipinski definition) is 2. The molecule has 0 saturated carbocycles. The van der Waals surface area contributed by atoms with Gasteiger partial charge in [-0.05, 0) is 51.8 Å². The molecule has 0 aliphatic carbocycles. The molecule has 176 valence electrons. The van der Waals surface area contributed by atoms with E-state index in [4.69, 9.17) is 10.5 Å². The Morgan fingerprint density at radius 2 is 1.61 bits per heavy atom. The number of rotatable bonds is 7. The van der Waals surface area contributed by atoms with Crippen LogP contribution < -0.4 is 15.8 Å². The fraction of sp³-hybridized carbons (Fsp3) is 0.423. The molecular formula is C26H35N5O2. The molecule has 0 aliphatic rings. The maximum absolute atomic E-state index is 12.0. The van der Waals surface area contributed by atoms with Crippen molar-refractivity contribution in [2.24, 2.45) is 5.73 Å². The highest BCUT2D eigenvalue weighted by Crippen LogP contribution is 2.30. The third kappa shape index (κ3) is 6.42. The normalized spacial score (nSPS) is 12.0. The minimum absolute atomic E-state index is 0.0650. The van der Waals surface area contributed by atoms with Crippen LogP contribution in [0.2, 0.25) is 0 Å². The summed E-state index contributed by atoms with van der Waals surface area (Å²) in [5.41, 5.74) is 10.3. The third-order valence-corrected chi connectivity index (χ3v) is 5.39. The summed E-state index contributed by atoms with van der Waals surface area (Å²) < 4.78 is 7.64. The van der Waals surface area contributed by atoms with Gasteiger partial charge in [0.25, 0.3) is 5.91 Å². The van der Waals surface area contributed by atoms with Gasteiger partial charge in [-0.15, -0.1) is 5.10 Å². The van der Waals surface area contributed by atoms with Crippen LogP contribution in [0.25, 0.3) is 5.69 Å². The largest absolute Gasteiger partial charge is 0.489 e. The third-order valence-electron chi connectivity index (χ3n) is 5.39. The second kappa shape index (κ2) is 9.75. The van der Waals surface area contributed by atoms with Crippen LogP contribution in [0.3, 0.4) is 0 Å². The van der Waals surface area contributed by atoms with Gasteiger partial charge < -0.3 is 15.8 Å². The molecule has 0 aliphatic heterocycles. The van der Waals surface area contributed by atoms with Crippen LogP contribution in [0.15, 0.2) is 48.7 Å². The van der Waals surface area contributed by atoms with Gasteiger partial charge in [-0.3, -0.25) is 4.79 Å². The lowest BCUT2D eigenvalue weighted by Gasteiger charge is -2.26. The highest BCUT2D eigenvalue weighted by Gasteiger charge is 2.20. The molecule has 0 fully saturated rings. The molecule has 3 rings (SSSR count). The van der Waals surface area contributed by atoms with Gasteiger partial charge in [-0.2, -0.15) is 0 Å². The van der Waals surface area contributed by atoms with E-state index in [9.17, 15) is 4.79 Å². The molecule has 2 aromatic carbocycles. The lowest BCUT2D eigenvalue weighted by molar-refractivity contribution is 0.0949. The van der Waals surface area contributed by atoms with Crippen LogP contribution >= 0.6 is 0 Å². The van der Waals surface area contributed by atoms with Crippen molar-refractivity contribution in [3.8, 4) is 11.4 Å². The van der Waals surface area contributed by atoms with E-state index >= 15 is 0 Å². The molecule has 1 amide bonds. The van der Waals surface area contributed by atoms with Crippen molar-refractivity contribution in [3.05, 3.63) is 71.0 Å². The zero-order valence-electron chi connectivity index (χ0n) is 20.5. The van der Waals surface area contributed by atoms with E-state index in [0.29, 0.717) is 19.7 Å². The second-order valence-electron chi connectivity index (χ2n) is 10.3. The molecular weight excluding hydrogens is 414 g/mol. The second-order valence-corrected chi connectivity index (χ2v) is 10.3. The first kappa shape index (κ1) is 24.5. The predicted octanol–water partition coefficient (Wildman–Crippen LogP) is 4.13. The Morgan fingerprint density at radius 1 is 1.00 bits per heavy atom. The van der Waals surface area contributed by atoms with Crippen molar-refractivity contribution in [1.29, 1.82) is 0 Å². The van der Waals surface area contributed by atoms with Gasteiger partial charge in [0.1, 0.15) is 12.4 Å². The minimum Gasteiger partial charge on any atom is -0.489 e. The standard InChI is InChI=1S/C26H35N5O2/c1-25(2,3)19-13-18(14-20(15-19)26(4,5)6)17-33-22-9-7-21(8-10-22)31-16-23(29-30-31)24(32)28-12-11-27/h7-10,13-16H,11-12,17,27H2,1-6H3,(H,28,32). The van der Waals surface area contributed by atoms with Gasteiger partial charge in [0.2, 0.25) is 0 Å². The summed E-state index contributed by atoms with van der Waals surface area (Å²) >= 11 is 0. The topological polar surface area (TPSA) is 95.1 Å². The fourth-order valence-electron chi connectivity index (χ4n) is 3.27. The molecule has 0 atom stereocenters. The lowest BCUT2D eigenvalue weighted by atomic mass is 9.79. The number of nitrogens with two attached hydrogens (primary N) is 1. The zero-order chi connectivity index (χ0) is 24.2. The van der Waals surface area contributed by atoms with Gasteiger partial charge in [0.15, 0.2) is 5.69 Å². The average molecular weight is 450 g/mol. The Balaban J connectivity index is 1.71. The van der Waals surface area contributed by atoms with Crippen molar-refractivity contribution < 1.29 is 9.53 Å². The number of benzene rings is 2. The summed E-state index contributed by atoms with van der Waals surface area (Å²) in [6.07, 6.45) is 1.59. The van der Waals surface area contributed by atoms with Crippen LogP contribution in [0, 0.1) is 0 Å². The number of carbonyl (C=O) groups excluding carboxylic acids is 1. The zero-order valence-corrected chi connectivity index (χ0v) is 20.5. The first-order chi connectivity index (χ1) is 15.5. The molecule has 0 radical (unpaired) electrons. The van der Waals surface area contributed by atoms with Gasteiger partial charge in [0, 0.05) is 13.1 Å². The van der Waals surface area contributed by atoms with Gasteiger partial charge in [0.05, 0.1) is 11.9 Å². The Bertz CT molecular complexity index is 1060. The first-order valence-electron chi connectivity index (χ1n) is 11.3. The van der Waals surface area contributed by atoms with Crippen molar-refractivity contribution >= 4 is 5.91 Å². The molecule has 1 aromatic heterocycles. The number of hydrogen-bond acceptors (Lipinski definition) is 5. The molecule has 1 heterocycles. The molecule has 33 heavy (non-hydrogen) atoms. The smallest absolute Gasteiger partial charge is 0.273 e. The molecule has 3 N–H and O–H groups in total. The fourth-order valence-corrected chi connectivity index (χ4v) is 3.27. The van der Waals surface area contributed by atoms with Crippen molar-refractivity contribution in [1.82, 2.24) is 20.3 Å². The Kier molecular flexibility index (Phi) is 7.22. The quantitative estimate of drug-likeness (QED) is 0.565. The maximum atomic E-state index is 12.0. The summed E-state index contributed by atoms with van der Waals surface area (Å²) in [7, 11) is 0. The SMILES string of the molecule is CC(C)(C)c1cc(COc2ccc(-n3cc(C(=O)NCCN)nn3)cc2)cc(C(C)(C)C)c1. The molecule has 0 spiro atoms. The summed E-state index contributed by atoms with van der Waals surface area (Å²) in [6.45, 7) is 14.6. The molecule has 7 nitrogen and oxygen atoms in total. The van der Waals surface area contributed by atoms with E-state index in [1.807, 2.05) is 24.3 Å². The van der Waals surface area contributed by atoms with Crippen molar-refractivity contribution in [2.75, 3.05) is 13.1 Å². The van der Waals surface area contributed by atoms with Gasteiger partial charge in [-0.1, -0.05) is 65.0 Å². The minimum atomic E-state index is -0.293. The van der Waals surface area contributed by atoms with Crippen LogP contribution in [0.5, 0.6) is 5.75 Å². The summed E-state index contributed by atoms with van der Waals surface area (Å²) in [5, 5.41) is 10.6. The predicted molar refractivity (Wildman–Crippen MR) is 131 cm³/mol. The molecule has 0 bridgehead atoms. The highest BCUT2D eigenvalue weighted by atomic mass is 16.5. The monoisotopic (exact) mass is 449 g/mol. The number of aromatic nitrogens is 3. The molecule has 0 unspecified atom stereocenters. The molecule has 7 heteroatoms. The Hall–Kier alpha value is -3.19. The number of amides is 1. The number of nitrogens with zero attached hydrogens (tertiary/aromatic N) is 3. The van der Waals surface area contributed by atoms with Gasteiger partial charge >= 0.3 is 0 Å². The van der Waals surface area contributed by atoms with Crippen LogP contribution in [0.1, 0.15) is 68.7 Å². The highest BCUT2D eigenvalue weighted by molar-refractivity contribution is 5.91. The molecule has 3 aromatic rings. The Labute approximate surface area is 196 Å². The number of ether oxygens (including phenoxy) is 1. The van der Waals surface area contributed by atoms with E-state index < -0.39 is 0 Å². The average Bonchev–Trinajstić information content (AvgIpc) is 3.25. The summed E-state index contributed by atoms with van der Waals surface area (Å²) in [6, 6.07) is 14.3. The van der Waals surface area contributed by atoms with E-state index in [1.54, 1.807) is 10.9 Å². The Morgan fingerprint density at radius 3 is 2.15 bits per heavy atom. The van der Waals surface area contributed by atoms with E-state index in [2.05, 4.69) is 75.4 Å². The van der Waals surface area contributed by atoms with E-state index in [1.165, 1.54) is 11.1 Å².